The Hall–Kier alpha value is -3.05. The second-order valence-corrected chi connectivity index (χ2v) is 12.5. The van der Waals surface area contributed by atoms with Gasteiger partial charge in [0.05, 0.1) is 43.8 Å². The van der Waals surface area contributed by atoms with E-state index < -0.39 is 35.6 Å². The Labute approximate surface area is 253 Å². The molecular formula is C33H44N4O6. The van der Waals surface area contributed by atoms with E-state index in [-0.39, 0.29) is 30.2 Å². The van der Waals surface area contributed by atoms with Crippen molar-refractivity contribution in [3.8, 4) is 0 Å². The summed E-state index contributed by atoms with van der Waals surface area (Å²) in [6.45, 7) is 9.17. The normalized spacial score (nSPS) is 32.3. The molecule has 0 saturated carbocycles. The molecule has 6 rings (SSSR count). The maximum Gasteiger partial charge on any atom is 0.249 e. The number of ether oxygens (including phenoxy) is 2. The van der Waals surface area contributed by atoms with Crippen molar-refractivity contribution in [2.45, 2.75) is 50.6 Å². The first-order valence-corrected chi connectivity index (χ1v) is 15.8. The zero-order valence-electron chi connectivity index (χ0n) is 25.2. The lowest BCUT2D eigenvalue weighted by Gasteiger charge is -2.40. The summed E-state index contributed by atoms with van der Waals surface area (Å²) < 4.78 is 12.3. The summed E-state index contributed by atoms with van der Waals surface area (Å²) in [5.74, 6) is -2.31. The Kier molecular flexibility index (Phi) is 8.73. The van der Waals surface area contributed by atoms with Gasteiger partial charge in [0.2, 0.25) is 17.7 Å². The molecule has 3 fully saturated rings. The maximum atomic E-state index is 14.6. The van der Waals surface area contributed by atoms with Crippen LogP contribution in [-0.2, 0) is 30.4 Å². The van der Waals surface area contributed by atoms with Crippen molar-refractivity contribution in [3.05, 3.63) is 60.2 Å². The fraction of sp³-hybridized carbons (Fsp3) is 0.606. The molecule has 1 N–H and O–H groups in total. The van der Waals surface area contributed by atoms with Gasteiger partial charge in [-0.25, -0.2) is 0 Å². The average molecular weight is 593 g/mol. The van der Waals surface area contributed by atoms with Gasteiger partial charge in [-0.05, 0) is 11.5 Å². The largest absolute Gasteiger partial charge is 0.394 e. The molecule has 232 valence electrons. The van der Waals surface area contributed by atoms with E-state index in [0.29, 0.717) is 45.9 Å². The molecule has 5 aliphatic heterocycles. The molecule has 1 aromatic rings. The summed E-state index contributed by atoms with van der Waals surface area (Å²) in [6, 6.07) is 8.28. The van der Waals surface area contributed by atoms with Crippen LogP contribution in [0.3, 0.4) is 0 Å². The van der Waals surface area contributed by atoms with Crippen molar-refractivity contribution in [2.24, 2.45) is 17.8 Å². The molecule has 1 spiro atoms. The molecule has 3 saturated heterocycles. The Morgan fingerprint density at radius 1 is 0.977 bits per heavy atom. The van der Waals surface area contributed by atoms with Gasteiger partial charge in [0.1, 0.15) is 11.6 Å². The van der Waals surface area contributed by atoms with Crippen LogP contribution in [0.2, 0.25) is 0 Å². The van der Waals surface area contributed by atoms with Crippen molar-refractivity contribution in [1.29, 1.82) is 0 Å². The molecule has 5 aliphatic rings. The third-order valence-electron chi connectivity index (χ3n) is 10.1. The predicted octanol–water partition coefficient (Wildman–Crippen LogP) is 1.30. The highest BCUT2D eigenvalue weighted by Gasteiger charge is 2.72. The van der Waals surface area contributed by atoms with E-state index in [2.05, 4.69) is 4.90 Å². The summed E-state index contributed by atoms with van der Waals surface area (Å²) in [5.41, 5.74) is -0.292. The van der Waals surface area contributed by atoms with Crippen molar-refractivity contribution >= 4 is 17.7 Å². The summed E-state index contributed by atoms with van der Waals surface area (Å²) in [4.78, 5) is 50.9. The number of nitrogens with zero attached hydrogens (tertiary/aromatic N) is 4. The zero-order valence-corrected chi connectivity index (χ0v) is 25.2. The van der Waals surface area contributed by atoms with E-state index in [1.165, 1.54) is 0 Å². The molecule has 0 bridgehead atoms. The topological polar surface area (TPSA) is 103 Å². The maximum absolute atomic E-state index is 14.6. The third kappa shape index (κ3) is 5.32. The smallest absolute Gasteiger partial charge is 0.249 e. The molecule has 1 aromatic carbocycles. The second-order valence-electron chi connectivity index (χ2n) is 12.5. The quantitative estimate of drug-likeness (QED) is 0.432. The number of rotatable bonds is 9. The molecule has 0 aliphatic carbocycles. The van der Waals surface area contributed by atoms with Gasteiger partial charge in [-0.15, -0.1) is 0 Å². The van der Waals surface area contributed by atoms with Gasteiger partial charge in [0.25, 0.3) is 0 Å². The molecule has 7 atom stereocenters. The number of carbonyl (C=O) groups excluding carboxylic acids is 3. The van der Waals surface area contributed by atoms with Gasteiger partial charge in [0.15, 0.2) is 0 Å². The first kappa shape index (κ1) is 30.0. The van der Waals surface area contributed by atoms with Crippen LogP contribution < -0.4 is 0 Å². The number of hydrogen-bond acceptors (Lipinski definition) is 7. The zero-order chi connectivity index (χ0) is 30.1. The van der Waals surface area contributed by atoms with Crippen molar-refractivity contribution in [3.63, 3.8) is 0 Å². The highest BCUT2D eigenvalue weighted by molar-refractivity contribution is 6.00. The molecule has 5 heterocycles. The third-order valence-corrected chi connectivity index (χ3v) is 10.1. The van der Waals surface area contributed by atoms with E-state index in [0.717, 1.165) is 25.1 Å². The Bertz CT molecular complexity index is 1250. The molecule has 43 heavy (non-hydrogen) atoms. The lowest BCUT2D eigenvalue weighted by atomic mass is 9.77. The summed E-state index contributed by atoms with van der Waals surface area (Å²) >= 11 is 0. The van der Waals surface area contributed by atoms with Gasteiger partial charge in [0, 0.05) is 45.8 Å². The monoisotopic (exact) mass is 592 g/mol. The SMILES string of the molecule is CC[C@H](C)[C@H](CO)N1C(=O)[C@@H]2[C@@H]3C(=O)N(Cc4ccccc4)CC=C[C@@H]3O[C@@]23C=CCN(CCN2CCOCC2)C(=O)C13. The average Bonchev–Trinajstić information content (AvgIpc) is 3.35. The van der Waals surface area contributed by atoms with E-state index in [1.807, 2.05) is 68.5 Å². The molecule has 10 heteroatoms. The standard InChI is InChI=1S/C33H44N4O6/c1-3-23(2)25(22-38)37-29-32(41)35(16-15-34-17-19-42-20-18-34)14-8-12-33(29)28(31(37)40)27-26(43-33)11-7-13-36(30(27)39)21-24-9-5-4-6-10-24/h4-12,23,25-29,38H,3,13-22H2,1-2H3/t23-,25-,26-,27+,28-,29?,33-/m0/s1. The Morgan fingerprint density at radius 2 is 1.72 bits per heavy atom. The number of carbonyl (C=O) groups is 3. The number of benzene rings is 1. The van der Waals surface area contributed by atoms with E-state index >= 15 is 0 Å². The number of aliphatic hydroxyl groups excluding tert-OH is 1. The van der Waals surface area contributed by atoms with Crippen molar-refractivity contribution in [1.82, 2.24) is 19.6 Å². The highest BCUT2D eigenvalue weighted by atomic mass is 16.5. The molecule has 0 radical (unpaired) electrons. The van der Waals surface area contributed by atoms with Crippen LogP contribution >= 0.6 is 0 Å². The fourth-order valence-electron chi connectivity index (χ4n) is 7.58. The van der Waals surface area contributed by atoms with Crippen LogP contribution in [0.25, 0.3) is 0 Å². The summed E-state index contributed by atoms with van der Waals surface area (Å²) in [5, 5.41) is 10.6. The van der Waals surface area contributed by atoms with Gasteiger partial charge in [-0.1, -0.05) is 74.9 Å². The minimum atomic E-state index is -1.30. The van der Waals surface area contributed by atoms with Crippen LogP contribution in [0.4, 0.5) is 0 Å². The minimum Gasteiger partial charge on any atom is -0.394 e. The van der Waals surface area contributed by atoms with Crippen molar-refractivity contribution < 1.29 is 29.0 Å². The molecular weight excluding hydrogens is 548 g/mol. The summed E-state index contributed by atoms with van der Waals surface area (Å²) in [6.07, 6.45) is 7.75. The van der Waals surface area contributed by atoms with Crippen LogP contribution in [0.15, 0.2) is 54.6 Å². The highest BCUT2D eigenvalue weighted by Crippen LogP contribution is 2.54. The second kappa shape index (κ2) is 12.5. The molecule has 1 unspecified atom stereocenters. The Morgan fingerprint density at radius 3 is 2.44 bits per heavy atom. The van der Waals surface area contributed by atoms with E-state index in [1.54, 1.807) is 14.7 Å². The molecule has 10 nitrogen and oxygen atoms in total. The predicted molar refractivity (Wildman–Crippen MR) is 160 cm³/mol. The number of morpholine rings is 1. The lowest BCUT2D eigenvalue weighted by Crippen LogP contribution is -2.59. The fourth-order valence-corrected chi connectivity index (χ4v) is 7.58. The van der Waals surface area contributed by atoms with Crippen LogP contribution in [0.1, 0.15) is 25.8 Å². The number of aliphatic hydroxyl groups is 1. The summed E-state index contributed by atoms with van der Waals surface area (Å²) in [7, 11) is 0. The van der Waals surface area contributed by atoms with Crippen molar-refractivity contribution in [2.75, 3.05) is 59.1 Å². The first-order chi connectivity index (χ1) is 20.9. The Balaban J connectivity index is 1.35. The van der Waals surface area contributed by atoms with Gasteiger partial charge in [-0.3, -0.25) is 19.3 Å². The van der Waals surface area contributed by atoms with E-state index in [9.17, 15) is 19.5 Å². The minimum absolute atomic E-state index is 0.0539. The van der Waals surface area contributed by atoms with Crippen LogP contribution in [-0.4, -0.2) is 125 Å². The molecule has 0 aromatic heterocycles. The lowest BCUT2D eigenvalue weighted by molar-refractivity contribution is -0.152. The van der Waals surface area contributed by atoms with E-state index in [4.69, 9.17) is 9.47 Å². The number of amides is 3. The van der Waals surface area contributed by atoms with Gasteiger partial charge < -0.3 is 29.3 Å². The van der Waals surface area contributed by atoms with Crippen LogP contribution in [0, 0.1) is 17.8 Å². The van der Waals surface area contributed by atoms with Gasteiger partial charge in [-0.2, -0.15) is 0 Å². The number of fused-ring (bicyclic) bond motifs is 2. The number of hydrogen-bond donors (Lipinski definition) is 1. The first-order valence-electron chi connectivity index (χ1n) is 15.8. The van der Waals surface area contributed by atoms with Crippen LogP contribution in [0.5, 0.6) is 0 Å². The van der Waals surface area contributed by atoms with Gasteiger partial charge >= 0.3 is 0 Å². The molecule has 3 amide bonds. The number of likely N-dealkylation sites (tertiary alicyclic amines) is 1.